The van der Waals surface area contributed by atoms with Crippen LogP contribution in [-0.2, 0) is 0 Å². The van der Waals surface area contributed by atoms with Crippen LogP contribution in [-0.4, -0.2) is 16.9 Å². The first-order valence-electron chi connectivity index (χ1n) is 5.79. The molecule has 0 fully saturated rings. The Labute approximate surface area is 106 Å². The highest BCUT2D eigenvalue weighted by molar-refractivity contribution is 6.07. The Hall–Kier alpha value is -2.10. The minimum absolute atomic E-state index is 0.0445. The Bertz CT molecular complexity index is 558. The van der Waals surface area contributed by atoms with E-state index in [-0.39, 0.29) is 11.9 Å². The molecule has 0 N–H and O–H groups in total. The third-order valence-electron chi connectivity index (χ3n) is 2.31. The number of hydrogen-bond acceptors (Lipinski definition) is 4. The van der Waals surface area contributed by atoms with Gasteiger partial charge in [0.15, 0.2) is 5.76 Å². The predicted molar refractivity (Wildman–Crippen MR) is 66.9 cm³/mol. The van der Waals surface area contributed by atoms with Crippen LogP contribution in [0.5, 0.6) is 5.75 Å². The maximum absolute atomic E-state index is 12.1. The van der Waals surface area contributed by atoms with Crippen molar-refractivity contribution < 1.29 is 13.9 Å². The summed E-state index contributed by atoms with van der Waals surface area (Å²) in [6, 6.07) is 5.09. The zero-order valence-corrected chi connectivity index (χ0v) is 10.6. The van der Waals surface area contributed by atoms with E-state index in [0.29, 0.717) is 22.8 Å². The van der Waals surface area contributed by atoms with E-state index in [2.05, 4.69) is 4.98 Å². The fourth-order valence-corrected chi connectivity index (χ4v) is 1.58. The molecule has 0 bridgehead atoms. The second-order valence-corrected chi connectivity index (χ2v) is 4.32. The van der Waals surface area contributed by atoms with E-state index in [1.54, 1.807) is 31.3 Å². The van der Waals surface area contributed by atoms with Gasteiger partial charge in [0.25, 0.3) is 0 Å². The van der Waals surface area contributed by atoms with Gasteiger partial charge in [-0.05, 0) is 39.0 Å². The fraction of sp³-hybridized carbons (Fsp3) is 0.286. The van der Waals surface area contributed by atoms with Gasteiger partial charge in [-0.15, -0.1) is 0 Å². The van der Waals surface area contributed by atoms with Gasteiger partial charge in [-0.25, -0.2) is 0 Å². The van der Waals surface area contributed by atoms with Gasteiger partial charge in [-0.1, -0.05) is 0 Å². The Morgan fingerprint density at radius 1 is 1.33 bits per heavy atom. The molecule has 4 heteroatoms. The number of hydrogen-bond donors (Lipinski definition) is 0. The Kier molecular flexibility index (Phi) is 3.46. The van der Waals surface area contributed by atoms with Crippen LogP contribution >= 0.6 is 0 Å². The van der Waals surface area contributed by atoms with E-state index in [0.717, 1.165) is 0 Å². The number of ether oxygens (including phenoxy) is 1. The van der Waals surface area contributed by atoms with Gasteiger partial charge < -0.3 is 9.15 Å². The van der Waals surface area contributed by atoms with E-state index < -0.39 is 0 Å². The number of furan rings is 1. The second kappa shape index (κ2) is 5.04. The lowest BCUT2D eigenvalue weighted by atomic mass is 10.1. The molecule has 0 atom stereocenters. The van der Waals surface area contributed by atoms with Crippen LogP contribution in [0.3, 0.4) is 0 Å². The first kappa shape index (κ1) is 12.4. The van der Waals surface area contributed by atoms with Crippen LogP contribution in [0.15, 0.2) is 35.0 Å². The van der Waals surface area contributed by atoms with E-state index >= 15 is 0 Å². The highest BCUT2D eigenvalue weighted by Gasteiger charge is 2.14. The van der Waals surface area contributed by atoms with Crippen LogP contribution in [0.4, 0.5) is 0 Å². The number of rotatable bonds is 4. The summed E-state index contributed by atoms with van der Waals surface area (Å²) in [4.78, 5) is 16.1. The molecule has 2 aromatic rings. The average Bonchev–Trinajstić information content (AvgIpc) is 2.74. The molecule has 2 heterocycles. The summed E-state index contributed by atoms with van der Waals surface area (Å²) in [7, 11) is 0. The van der Waals surface area contributed by atoms with Gasteiger partial charge in [0.2, 0.25) is 5.78 Å². The van der Waals surface area contributed by atoms with Crippen molar-refractivity contribution in [3.05, 3.63) is 47.7 Å². The van der Waals surface area contributed by atoms with E-state index in [4.69, 9.17) is 9.15 Å². The number of carbonyl (C=O) groups is 1. The maximum Gasteiger partial charge on any atom is 0.229 e. The van der Waals surface area contributed by atoms with Crippen LogP contribution in [0, 0.1) is 6.92 Å². The lowest BCUT2D eigenvalue weighted by Crippen LogP contribution is -2.07. The molecule has 18 heavy (non-hydrogen) atoms. The quantitative estimate of drug-likeness (QED) is 0.777. The molecule has 2 aromatic heterocycles. The van der Waals surface area contributed by atoms with Crippen molar-refractivity contribution in [2.24, 2.45) is 0 Å². The van der Waals surface area contributed by atoms with Gasteiger partial charge in [0, 0.05) is 11.8 Å². The summed E-state index contributed by atoms with van der Waals surface area (Å²) in [6.07, 6.45) is 3.14. The summed E-state index contributed by atoms with van der Waals surface area (Å²) >= 11 is 0. The molecular weight excluding hydrogens is 230 g/mol. The van der Waals surface area contributed by atoms with Crippen molar-refractivity contribution in [3.63, 3.8) is 0 Å². The molecule has 0 spiro atoms. The van der Waals surface area contributed by atoms with E-state index in [9.17, 15) is 4.79 Å². The summed E-state index contributed by atoms with van der Waals surface area (Å²) in [5.74, 6) is 1.42. The van der Waals surface area contributed by atoms with Crippen molar-refractivity contribution >= 4 is 5.78 Å². The molecule has 0 saturated heterocycles. The highest BCUT2D eigenvalue weighted by Crippen LogP contribution is 2.17. The number of carbonyl (C=O) groups excluding carboxylic acids is 1. The average molecular weight is 245 g/mol. The molecule has 0 aliphatic heterocycles. The Morgan fingerprint density at radius 3 is 2.72 bits per heavy atom. The molecule has 0 saturated carbocycles. The van der Waals surface area contributed by atoms with Gasteiger partial charge >= 0.3 is 0 Å². The molecule has 94 valence electrons. The number of aryl methyl sites for hydroxylation is 1. The van der Waals surface area contributed by atoms with Crippen molar-refractivity contribution in [2.75, 3.05) is 0 Å². The third kappa shape index (κ3) is 2.77. The molecule has 0 aliphatic rings. The molecular formula is C14H15NO3. The molecule has 2 rings (SSSR count). The number of nitrogens with zero attached hydrogens (tertiary/aromatic N) is 1. The maximum atomic E-state index is 12.1. The molecule has 0 radical (unpaired) electrons. The second-order valence-electron chi connectivity index (χ2n) is 4.32. The van der Waals surface area contributed by atoms with Gasteiger partial charge in [0.05, 0.1) is 12.3 Å². The van der Waals surface area contributed by atoms with E-state index in [1.165, 1.54) is 6.20 Å². The normalized spacial score (nSPS) is 10.7. The monoisotopic (exact) mass is 245 g/mol. The van der Waals surface area contributed by atoms with Gasteiger partial charge in [-0.3, -0.25) is 9.78 Å². The third-order valence-corrected chi connectivity index (χ3v) is 2.31. The van der Waals surface area contributed by atoms with Crippen LogP contribution in [0.1, 0.15) is 35.7 Å². The summed E-state index contributed by atoms with van der Waals surface area (Å²) in [5.41, 5.74) is 0.461. The van der Waals surface area contributed by atoms with Crippen LogP contribution in [0.25, 0.3) is 0 Å². The summed E-state index contributed by atoms with van der Waals surface area (Å²) < 4.78 is 10.8. The summed E-state index contributed by atoms with van der Waals surface area (Å²) in [5, 5.41) is 0. The Morgan fingerprint density at radius 2 is 2.11 bits per heavy atom. The van der Waals surface area contributed by atoms with Crippen molar-refractivity contribution in [3.8, 4) is 5.75 Å². The van der Waals surface area contributed by atoms with E-state index in [1.807, 2.05) is 13.8 Å². The smallest absolute Gasteiger partial charge is 0.229 e. The first-order valence-corrected chi connectivity index (χ1v) is 5.79. The van der Waals surface area contributed by atoms with Gasteiger partial charge in [-0.2, -0.15) is 0 Å². The lowest BCUT2D eigenvalue weighted by Gasteiger charge is -2.09. The summed E-state index contributed by atoms with van der Waals surface area (Å²) in [6.45, 7) is 5.64. The molecule has 0 unspecified atom stereocenters. The molecule has 0 amide bonds. The zero-order chi connectivity index (χ0) is 13.1. The van der Waals surface area contributed by atoms with Crippen molar-refractivity contribution in [1.29, 1.82) is 0 Å². The fourth-order valence-electron chi connectivity index (χ4n) is 1.58. The molecule has 4 nitrogen and oxygen atoms in total. The topological polar surface area (TPSA) is 52.3 Å². The minimum Gasteiger partial charge on any atom is -0.489 e. The van der Waals surface area contributed by atoms with Crippen LogP contribution in [0.2, 0.25) is 0 Å². The molecule has 0 aromatic carbocycles. The lowest BCUT2D eigenvalue weighted by molar-refractivity contribution is 0.101. The predicted octanol–water partition coefficient (Wildman–Crippen LogP) is 3.00. The highest BCUT2D eigenvalue weighted by atomic mass is 16.5. The minimum atomic E-state index is -0.190. The van der Waals surface area contributed by atoms with Crippen molar-refractivity contribution in [1.82, 2.24) is 4.98 Å². The number of aromatic nitrogens is 1. The number of pyridine rings is 1. The van der Waals surface area contributed by atoms with Crippen molar-refractivity contribution in [2.45, 2.75) is 26.9 Å². The Balaban J connectivity index is 2.25. The van der Waals surface area contributed by atoms with Gasteiger partial charge in [0.1, 0.15) is 11.5 Å². The zero-order valence-electron chi connectivity index (χ0n) is 10.6. The SMILES string of the molecule is Cc1ccc(C(=O)c2cncc(OC(C)C)c2)o1. The largest absolute Gasteiger partial charge is 0.489 e. The standard InChI is InChI=1S/C14H15NO3/c1-9(2)17-12-6-11(7-15-8-12)14(16)13-5-4-10(3)18-13/h4-9H,1-3H3. The number of ketones is 1. The molecule has 0 aliphatic carbocycles. The first-order chi connectivity index (χ1) is 8.56. The van der Waals surface area contributed by atoms with Crippen LogP contribution < -0.4 is 4.74 Å².